The average Bonchev–Trinajstić information content (AvgIpc) is 2.75. The Balaban J connectivity index is 1.24. The van der Waals surface area contributed by atoms with E-state index >= 15 is 0 Å². The van der Waals surface area contributed by atoms with Gasteiger partial charge in [-0.2, -0.15) is 0 Å². The Bertz CT molecular complexity index is 829. The zero-order valence-electron chi connectivity index (χ0n) is 16.3. The summed E-state index contributed by atoms with van der Waals surface area (Å²) in [5.74, 6) is 0.748. The van der Waals surface area contributed by atoms with Crippen molar-refractivity contribution in [2.45, 2.75) is 12.7 Å². The minimum atomic E-state index is -0.340. The second-order valence-corrected chi connectivity index (χ2v) is 7.24. The van der Waals surface area contributed by atoms with Crippen LogP contribution in [0, 0.1) is 0 Å². The third-order valence-electron chi connectivity index (χ3n) is 5.18. The highest BCUT2D eigenvalue weighted by Crippen LogP contribution is 2.17. The van der Waals surface area contributed by atoms with E-state index in [-0.39, 0.29) is 24.7 Å². The SMILES string of the molecule is O=C(OCc1ccccc1)N1CCN(C(=O)c2ccc(OC3CNC3)cc2)CC1. The molecule has 29 heavy (non-hydrogen) atoms. The Hall–Kier alpha value is -3.06. The molecular weight excluding hydrogens is 370 g/mol. The molecule has 4 rings (SSSR count). The number of rotatable bonds is 5. The van der Waals surface area contributed by atoms with Crippen molar-refractivity contribution in [2.24, 2.45) is 0 Å². The van der Waals surface area contributed by atoms with Gasteiger partial charge >= 0.3 is 6.09 Å². The molecule has 0 atom stereocenters. The molecule has 2 aliphatic rings. The van der Waals surface area contributed by atoms with Crippen LogP contribution in [-0.4, -0.2) is 67.2 Å². The Morgan fingerprint density at radius 3 is 2.17 bits per heavy atom. The molecule has 2 fully saturated rings. The second-order valence-electron chi connectivity index (χ2n) is 7.24. The van der Waals surface area contributed by atoms with Crippen molar-refractivity contribution < 1.29 is 19.1 Å². The topological polar surface area (TPSA) is 71.1 Å². The van der Waals surface area contributed by atoms with Crippen molar-refractivity contribution in [3.05, 3.63) is 65.7 Å². The smallest absolute Gasteiger partial charge is 0.410 e. The maximum absolute atomic E-state index is 12.7. The van der Waals surface area contributed by atoms with E-state index in [4.69, 9.17) is 9.47 Å². The molecule has 2 amide bonds. The van der Waals surface area contributed by atoms with Gasteiger partial charge in [-0.25, -0.2) is 4.79 Å². The standard InChI is InChI=1S/C22H25N3O4/c26-21(18-6-8-19(9-7-18)29-20-14-23-15-20)24-10-12-25(13-11-24)22(27)28-16-17-4-2-1-3-5-17/h1-9,20,23H,10-16H2. The normalized spacial score (nSPS) is 16.8. The minimum Gasteiger partial charge on any atom is -0.488 e. The third-order valence-corrected chi connectivity index (χ3v) is 5.18. The molecule has 7 heteroatoms. The first-order valence-corrected chi connectivity index (χ1v) is 9.91. The number of nitrogens with zero attached hydrogens (tertiary/aromatic N) is 2. The van der Waals surface area contributed by atoms with E-state index in [1.165, 1.54) is 0 Å². The molecule has 152 valence electrons. The van der Waals surface area contributed by atoms with Crippen molar-refractivity contribution >= 4 is 12.0 Å². The zero-order valence-corrected chi connectivity index (χ0v) is 16.3. The number of benzene rings is 2. The van der Waals surface area contributed by atoms with Crippen molar-refractivity contribution in [3.63, 3.8) is 0 Å². The number of amides is 2. The largest absolute Gasteiger partial charge is 0.488 e. The quantitative estimate of drug-likeness (QED) is 0.840. The van der Waals surface area contributed by atoms with Gasteiger partial charge in [0.25, 0.3) is 5.91 Å². The Labute approximate surface area is 170 Å². The first-order chi connectivity index (χ1) is 14.2. The van der Waals surface area contributed by atoms with Crippen LogP contribution in [0.15, 0.2) is 54.6 Å². The van der Waals surface area contributed by atoms with Gasteiger partial charge in [0.05, 0.1) is 0 Å². The number of ether oxygens (including phenoxy) is 2. The monoisotopic (exact) mass is 395 g/mol. The van der Waals surface area contributed by atoms with Crippen LogP contribution >= 0.6 is 0 Å². The first kappa shape index (κ1) is 19.3. The molecular formula is C22H25N3O4. The molecule has 2 aliphatic heterocycles. The molecule has 7 nitrogen and oxygen atoms in total. The predicted molar refractivity (Wildman–Crippen MR) is 108 cm³/mol. The van der Waals surface area contributed by atoms with Gasteiger partial charge in [0.2, 0.25) is 0 Å². The Morgan fingerprint density at radius 1 is 0.897 bits per heavy atom. The molecule has 2 aromatic carbocycles. The number of nitrogens with one attached hydrogen (secondary N) is 1. The Kier molecular flexibility index (Phi) is 5.95. The lowest BCUT2D eigenvalue weighted by Crippen LogP contribution is -2.50. The molecule has 2 saturated heterocycles. The highest BCUT2D eigenvalue weighted by Gasteiger charge is 2.26. The molecule has 1 N–H and O–H groups in total. The molecule has 0 radical (unpaired) electrons. The summed E-state index contributed by atoms with van der Waals surface area (Å²) in [6, 6.07) is 16.9. The number of carbonyl (C=O) groups is 2. The fourth-order valence-corrected chi connectivity index (χ4v) is 3.30. The maximum Gasteiger partial charge on any atom is 0.410 e. The van der Waals surface area contributed by atoms with Crippen LogP contribution in [0.25, 0.3) is 0 Å². The zero-order chi connectivity index (χ0) is 20.1. The molecule has 0 bridgehead atoms. The second kappa shape index (κ2) is 8.96. The summed E-state index contributed by atoms with van der Waals surface area (Å²) in [4.78, 5) is 28.4. The van der Waals surface area contributed by atoms with Crippen LogP contribution < -0.4 is 10.1 Å². The summed E-state index contributed by atoms with van der Waals surface area (Å²) in [7, 11) is 0. The average molecular weight is 395 g/mol. The van der Waals surface area contributed by atoms with Crippen LogP contribution in [0.5, 0.6) is 5.75 Å². The van der Waals surface area contributed by atoms with Gasteiger partial charge < -0.3 is 24.6 Å². The molecule has 0 saturated carbocycles. The van der Waals surface area contributed by atoms with E-state index in [0.717, 1.165) is 24.4 Å². The molecule has 2 aromatic rings. The van der Waals surface area contributed by atoms with Crippen molar-refractivity contribution in [1.82, 2.24) is 15.1 Å². The summed E-state index contributed by atoms with van der Waals surface area (Å²) in [5, 5.41) is 3.16. The van der Waals surface area contributed by atoms with E-state index in [9.17, 15) is 9.59 Å². The summed E-state index contributed by atoms with van der Waals surface area (Å²) < 4.78 is 11.2. The van der Waals surface area contributed by atoms with Crippen LogP contribution in [0.2, 0.25) is 0 Å². The summed E-state index contributed by atoms with van der Waals surface area (Å²) >= 11 is 0. The van der Waals surface area contributed by atoms with Gasteiger partial charge in [0.1, 0.15) is 18.5 Å². The highest BCUT2D eigenvalue weighted by atomic mass is 16.6. The van der Waals surface area contributed by atoms with Gasteiger partial charge in [0, 0.05) is 44.8 Å². The van der Waals surface area contributed by atoms with Gasteiger partial charge in [-0.15, -0.1) is 0 Å². The fourth-order valence-electron chi connectivity index (χ4n) is 3.30. The summed E-state index contributed by atoms with van der Waals surface area (Å²) in [5.41, 5.74) is 1.58. The van der Waals surface area contributed by atoms with Crippen LogP contribution in [-0.2, 0) is 11.3 Å². The number of carbonyl (C=O) groups excluding carboxylic acids is 2. The fraction of sp³-hybridized carbons (Fsp3) is 0.364. The molecule has 2 heterocycles. The number of hydrogen-bond donors (Lipinski definition) is 1. The van der Waals surface area contributed by atoms with Gasteiger partial charge in [-0.3, -0.25) is 4.79 Å². The molecule has 0 unspecified atom stereocenters. The van der Waals surface area contributed by atoms with Gasteiger partial charge in [0.15, 0.2) is 0 Å². The first-order valence-electron chi connectivity index (χ1n) is 9.91. The van der Waals surface area contributed by atoms with E-state index in [1.807, 2.05) is 42.5 Å². The van der Waals surface area contributed by atoms with Gasteiger partial charge in [-0.05, 0) is 29.8 Å². The van der Waals surface area contributed by atoms with E-state index in [2.05, 4.69) is 5.32 Å². The summed E-state index contributed by atoms with van der Waals surface area (Å²) in [6.45, 7) is 3.89. The van der Waals surface area contributed by atoms with Crippen molar-refractivity contribution in [2.75, 3.05) is 39.3 Å². The lowest BCUT2D eigenvalue weighted by Gasteiger charge is -2.34. The molecule has 0 spiro atoms. The molecule has 0 aromatic heterocycles. The highest BCUT2D eigenvalue weighted by molar-refractivity contribution is 5.94. The number of hydrogen-bond acceptors (Lipinski definition) is 5. The van der Waals surface area contributed by atoms with Crippen LogP contribution in [0.4, 0.5) is 4.79 Å². The van der Waals surface area contributed by atoms with Crippen LogP contribution in [0.1, 0.15) is 15.9 Å². The van der Waals surface area contributed by atoms with Crippen LogP contribution in [0.3, 0.4) is 0 Å². The van der Waals surface area contributed by atoms with Crippen molar-refractivity contribution in [3.8, 4) is 5.75 Å². The maximum atomic E-state index is 12.7. The summed E-state index contributed by atoms with van der Waals surface area (Å²) in [6.07, 6.45) is -0.126. The van der Waals surface area contributed by atoms with Gasteiger partial charge in [-0.1, -0.05) is 30.3 Å². The minimum absolute atomic E-state index is 0.0286. The molecule has 0 aliphatic carbocycles. The van der Waals surface area contributed by atoms with Crippen molar-refractivity contribution in [1.29, 1.82) is 0 Å². The number of piperazine rings is 1. The third kappa shape index (κ3) is 4.86. The lowest BCUT2D eigenvalue weighted by molar-refractivity contribution is 0.0543. The predicted octanol–water partition coefficient (Wildman–Crippen LogP) is 2.13. The van der Waals surface area contributed by atoms with E-state index < -0.39 is 0 Å². The Morgan fingerprint density at radius 2 is 1.55 bits per heavy atom. The van der Waals surface area contributed by atoms with E-state index in [1.54, 1.807) is 21.9 Å². The van der Waals surface area contributed by atoms with E-state index in [0.29, 0.717) is 31.7 Å². The lowest BCUT2D eigenvalue weighted by atomic mass is 10.1.